The van der Waals surface area contributed by atoms with E-state index in [1.165, 1.54) is 31.2 Å². The van der Waals surface area contributed by atoms with E-state index in [1.807, 2.05) is 13.8 Å². The second-order valence-corrected chi connectivity index (χ2v) is 6.53. The van der Waals surface area contributed by atoms with Crippen LogP contribution in [0.3, 0.4) is 0 Å². The quantitative estimate of drug-likeness (QED) is 0.787. The second-order valence-electron chi connectivity index (χ2n) is 6.53. The van der Waals surface area contributed by atoms with Crippen LogP contribution in [0.4, 0.5) is 0 Å². The molecule has 0 unspecified atom stereocenters. The Morgan fingerprint density at radius 1 is 1.27 bits per heavy atom. The number of aromatic hydroxyl groups is 1. The standard InChI is InChI=1S/C18H24O4/c1-11(2)8-16(20)15-10-14(12(3)19)9-13(17(15)21)6-7-18(4,5)22/h6-7,9-11,21-22H,8H2,1-5H3. The minimum atomic E-state index is -1.05. The molecule has 0 atom stereocenters. The Labute approximate surface area is 131 Å². The van der Waals surface area contributed by atoms with Crippen LogP contribution in [0.5, 0.6) is 5.75 Å². The van der Waals surface area contributed by atoms with Gasteiger partial charge < -0.3 is 10.2 Å². The summed E-state index contributed by atoms with van der Waals surface area (Å²) in [5.74, 6) is -0.385. The van der Waals surface area contributed by atoms with Crippen LogP contribution < -0.4 is 0 Å². The van der Waals surface area contributed by atoms with E-state index in [2.05, 4.69) is 0 Å². The molecule has 0 aliphatic heterocycles. The minimum Gasteiger partial charge on any atom is -0.507 e. The number of aliphatic hydroxyl groups is 1. The molecule has 0 fully saturated rings. The highest BCUT2D eigenvalue weighted by Gasteiger charge is 2.18. The first-order chi connectivity index (χ1) is 10.0. The lowest BCUT2D eigenvalue weighted by atomic mass is 9.94. The number of carbonyl (C=O) groups excluding carboxylic acids is 2. The molecular formula is C18H24O4. The number of phenolic OH excluding ortho intramolecular Hbond substituents is 1. The maximum atomic E-state index is 12.3. The first-order valence-electron chi connectivity index (χ1n) is 7.34. The molecule has 120 valence electrons. The Balaban J connectivity index is 3.39. The summed E-state index contributed by atoms with van der Waals surface area (Å²) in [6.07, 6.45) is 3.32. The third kappa shape index (κ3) is 5.11. The van der Waals surface area contributed by atoms with Crippen LogP contribution in [0.2, 0.25) is 0 Å². The van der Waals surface area contributed by atoms with Crippen molar-refractivity contribution in [2.24, 2.45) is 5.92 Å². The van der Waals surface area contributed by atoms with Gasteiger partial charge >= 0.3 is 0 Å². The lowest BCUT2D eigenvalue weighted by Gasteiger charge is -2.13. The van der Waals surface area contributed by atoms with Crippen LogP contribution in [0, 0.1) is 5.92 Å². The van der Waals surface area contributed by atoms with E-state index in [4.69, 9.17) is 0 Å². The molecule has 2 N–H and O–H groups in total. The fraction of sp³-hybridized carbons (Fsp3) is 0.444. The molecule has 0 spiro atoms. The van der Waals surface area contributed by atoms with Crippen LogP contribution in [0.15, 0.2) is 18.2 Å². The van der Waals surface area contributed by atoms with Gasteiger partial charge in [-0.2, -0.15) is 0 Å². The van der Waals surface area contributed by atoms with E-state index in [1.54, 1.807) is 13.8 Å². The van der Waals surface area contributed by atoms with Crippen molar-refractivity contribution in [2.45, 2.75) is 46.6 Å². The predicted molar refractivity (Wildman–Crippen MR) is 87.2 cm³/mol. The number of benzene rings is 1. The number of phenols is 1. The number of Topliss-reactive ketones (excluding diaryl/α,β-unsaturated/α-hetero) is 2. The third-order valence-corrected chi connectivity index (χ3v) is 3.11. The molecule has 22 heavy (non-hydrogen) atoms. The van der Waals surface area contributed by atoms with E-state index in [9.17, 15) is 19.8 Å². The molecule has 0 amide bonds. The SMILES string of the molecule is CC(=O)c1cc(C=CC(C)(C)O)c(O)c(C(=O)CC(C)C)c1. The smallest absolute Gasteiger partial charge is 0.166 e. The number of rotatable bonds is 6. The van der Waals surface area contributed by atoms with Gasteiger partial charge in [0.2, 0.25) is 0 Å². The van der Waals surface area contributed by atoms with Crippen LogP contribution in [0.25, 0.3) is 6.08 Å². The van der Waals surface area contributed by atoms with E-state index in [0.29, 0.717) is 17.5 Å². The van der Waals surface area contributed by atoms with Crippen molar-refractivity contribution < 1.29 is 19.8 Å². The van der Waals surface area contributed by atoms with Crippen LogP contribution in [-0.2, 0) is 0 Å². The Kier molecular flexibility index (Phi) is 5.66. The van der Waals surface area contributed by atoms with E-state index in [-0.39, 0.29) is 28.8 Å². The van der Waals surface area contributed by atoms with Crippen molar-refractivity contribution in [3.63, 3.8) is 0 Å². The molecule has 4 nitrogen and oxygen atoms in total. The van der Waals surface area contributed by atoms with Gasteiger partial charge in [-0.1, -0.05) is 26.0 Å². The number of hydrogen-bond acceptors (Lipinski definition) is 4. The molecule has 0 saturated carbocycles. The highest BCUT2D eigenvalue weighted by Crippen LogP contribution is 2.29. The van der Waals surface area contributed by atoms with Gasteiger partial charge in [-0.3, -0.25) is 9.59 Å². The zero-order valence-electron chi connectivity index (χ0n) is 13.8. The summed E-state index contributed by atoms with van der Waals surface area (Å²) in [6.45, 7) is 8.44. The number of ketones is 2. The Bertz CT molecular complexity index is 604. The molecule has 0 aromatic heterocycles. The van der Waals surface area contributed by atoms with Gasteiger partial charge in [-0.05, 0) is 38.8 Å². The van der Waals surface area contributed by atoms with E-state index < -0.39 is 5.60 Å². The Morgan fingerprint density at radius 2 is 1.86 bits per heavy atom. The van der Waals surface area contributed by atoms with Gasteiger partial charge in [0.1, 0.15) is 5.75 Å². The lowest BCUT2D eigenvalue weighted by Crippen LogP contribution is -2.13. The lowest BCUT2D eigenvalue weighted by molar-refractivity contribution is 0.0965. The fourth-order valence-corrected chi connectivity index (χ4v) is 1.97. The van der Waals surface area contributed by atoms with Crippen molar-refractivity contribution in [1.82, 2.24) is 0 Å². The van der Waals surface area contributed by atoms with Crippen LogP contribution in [-0.4, -0.2) is 27.4 Å². The van der Waals surface area contributed by atoms with E-state index in [0.717, 1.165) is 0 Å². The summed E-state index contributed by atoms with van der Waals surface area (Å²) in [5, 5.41) is 20.1. The molecule has 0 saturated heterocycles. The second kappa shape index (κ2) is 6.88. The zero-order valence-corrected chi connectivity index (χ0v) is 13.8. The van der Waals surface area contributed by atoms with Gasteiger partial charge in [0.25, 0.3) is 0 Å². The average Bonchev–Trinajstić information content (AvgIpc) is 2.35. The van der Waals surface area contributed by atoms with E-state index >= 15 is 0 Å². The van der Waals surface area contributed by atoms with Crippen molar-refractivity contribution in [1.29, 1.82) is 0 Å². The maximum absolute atomic E-state index is 12.3. The summed E-state index contributed by atoms with van der Waals surface area (Å²) in [6, 6.07) is 2.95. The summed E-state index contributed by atoms with van der Waals surface area (Å²) in [7, 11) is 0. The molecule has 1 aromatic rings. The van der Waals surface area contributed by atoms with Gasteiger partial charge in [-0.15, -0.1) is 0 Å². The highest BCUT2D eigenvalue weighted by atomic mass is 16.3. The summed E-state index contributed by atoms with van der Waals surface area (Å²) >= 11 is 0. The predicted octanol–water partition coefficient (Wildman–Crippen LogP) is 3.61. The Hall–Kier alpha value is -1.94. The van der Waals surface area contributed by atoms with Crippen LogP contribution >= 0.6 is 0 Å². The molecular weight excluding hydrogens is 280 g/mol. The molecule has 4 heteroatoms. The largest absolute Gasteiger partial charge is 0.507 e. The minimum absolute atomic E-state index is 0.150. The monoisotopic (exact) mass is 304 g/mol. The molecule has 0 aliphatic rings. The van der Waals surface area contributed by atoms with Crippen molar-refractivity contribution in [3.05, 3.63) is 34.9 Å². The van der Waals surface area contributed by atoms with Crippen molar-refractivity contribution in [2.75, 3.05) is 0 Å². The topological polar surface area (TPSA) is 74.6 Å². The summed E-state index contributed by atoms with van der Waals surface area (Å²) < 4.78 is 0. The van der Waals surface area contributed by atoms with Gasteiger partial charge in [-0.25, -0.2) is 0 Å². The maximum Gasteiger partial charge on any atom is 0.166 e. The normalized spacial score (nSPS) is 12.1. The molecule has 0 heterocycles. The van der Waals surface area contributed by atoms with Crippen molar-refractivity contribution in [3.8, 4) is 5.75 Å². The molecule has 1 rings (SSSR count). The van der Waals surface area contributed by atoms with Crippen molar-refractivity contribution >= 4 is 17.6 Å². The number of carbonyl (C=O) groups is 2. The van der Waals surface area contributed by atoms with Gasteiger partial charge in [0.15, 0.2) is 11.6 Å². The number of hydrogen-bond donors (Lipinski definition) is 2. The summed E-state index contributed by atoms with van der Waals surface area (Å²) in [4.78, 5) is 23.9. The fourth-order valence-electron chi connectivity index (χ4n) is 1.97. The highest BCUT2D eigenvalue weighted by molar-refractivity contribution is 6.03. The molecule has 0 bridgehead atoms. The molecule has 0 radical (unpaired) electrons. The first kappa shape index (κ1) is 18.1. The van der Waals surface area contributed by atoms with Crippen LogP contribution in [0.1, 0.15) is 67.3 Å². The molecule has 1 aromatic carbocycles. The molecule has 0 aliphatic carbocycles. The first-order valence-corrected chi connectivity index (χ1v) is 7.34. The van der Waals surface area contributed by atoms with Gasteiger partial charge in [0, 0.05) is 17.5 Å². The summed E-state index contributed by atoms with van der Waals surface area (Å²) in [5.41, 5.74) is -0.195. The van der Waals surface area contributed by atoms with Gasteiger partial charge in [0.05, 0.1) is 11.2 Å². The Morgan fingerprint density at radius 3 is 2.32 bits per heavy atom. The third-order valence-electron chi connectivity index (χ3n) is 3.11. The average molecular weight is 304 g/mol. The zero-order chi connectivity index (χ0) is 17.1.